The zero-order valence-electron chi connectivity index (χ0n) is 18.3. The second kappa shape index (κ2) is 9.19. The van der Waals surface area contributed by atoms with Crippen molar-refractivity contribution in [1.82, 2.24) is 0 Å². The lowest BCUT2D eigenvalue weighted by Crippen LogP contribution is -2.27. The van der Waals surface area contributed by atoms with Crippen molar-refractivity contribution in [2.75, 3.05) is 6.61 Å². The number of carbonyl (C=O) groups excluding carboxylic acids is 1. The molecule has 0 spiro atoms. The number of ketones is 1. The fourth-order valence-corrected chi connectivity index (χ4v) is 4.13. The summed E-state index contributed by atoms with van der Waals surface area (Å²) in [7, 11) is 0. The number of ether oxygens (including phenoxy) is 3. The van der Waals surface area contributed by atoms with Crippen molar-refractivity contribution in [2.24, 2.45) is 5.73 Å². The third kappa shape index (κ3) is 4.19. The number of allylic oxidation sites excluding steroid dienone is 3. The normalized spacial score (nSPS) is 18.0. The van der Waals surface area contributed by atoms with Crippen molar-refractivity contribution in [3.63, 3.8) is 0 Å². The van der Waals surface area contributed by atoms with Crippen molar-refractivity contribution in [2.45, 2.75) is 45.6 Å². The molecule has 0 amide bonds. The van der Waals surface area contributed by atoms with Gasteiger partial charge >= 0.3 is 0 Å². The molecule has 0 bridgehead atoms. The highest BCUT2D eigenvalue weighted by Gasteiger charge is 2.38. The molecule has 2 aromatic carbocycles. The molecule has 1 heterocycles. The van der Waals surface area contributed by atoms with Gasteiger partial charge in [-0.1, -0.05) is 35.9 Å². The molecule has 0 radical (unpaired) electrons. The van der Waals surface area contributed by atoms with Gasteiger partial charge in [-0.25, -0.2) is 0 Å². The predicted octanol–water partition coefficient (Wildman–Crippen LogP) is 4.79. The first-order valence-corrected chi connectivity index (χ1v) is 10.8. The summed E-state index contributed by atoms with van der Waals surface area (Å²) in [4.78, 5) is 12.8. The highest BCUT2D eigenvalue weighted by molar-refractivity contribution is 5.99. The Labute approximate surface area is 187 Å². The predicted molar refractivity (Wildman–Crippen MR) is 120 cm³/mol. The Morgan fingerprint density at radius 3 is 2.62 bits per heavy atom. The number of benzene rings is 2. The average Bonchev–Trinajstić information content (AvgIpc) is 2.79. The van der Waals surface area contributed by atoms with E-state index >= 15 is 0 Å². The minimum absolute atomic E-state index is 0.00541. The van der Waals surface area contributed by atoms with Crippen LogP contribution in [0.3, 0.4) is 0 Å². The van der Waals surface area contributed by atoms with E-state index in [1.807, 2.05) is 56.3 Å². The van der Waals surface area contributed by atoms with E-state index in [-0.39, 0.29) is 17.2 Å². The standard InChI is InChI=1S/C26H26N2O4/c1-3-30-23-13-18(11-12-21(23)31-15-17-9-7-16(2)8-10-17)24-19(14-27)26(28)32-22-6-4-5-20(29)25(22)24/h7-13,24H,3-6,15,28H2,1-2H3/t24-/m1/s1. The molecule has 2 aromatic rings. The van der Waals surface area contributed by atoms with Crippen LogP contribution in [0.1, 0.15) is 48.8 Å². The number of Topliss-reactive ketones (excluding diaryl/α,β-unsaturated/α-hetero) is 1. The lowest BCUT2D eigenvalue weighted by atomic mass is 9.77. The van der Waals surface area contributed by atoms with Crippen LogP contribution in [0, 0.1) is 18.3 Å². The Bertz CT molecular complexity index is 1140. The van der Waals surface area contributed by atoms with Crippen LogP contribution in [0.25, 0.3) is 0 Å². The summed E-state index contributed by atoms with van der Waals surface area (Å²) in [6.07, 6.45) is 1.79. The van der Waals surface area contributed by atoms with Crippen molar-refractivity contribution in [1.29, 1.82) is 5.26 Å². The van der Waals surface area contributed by atoms with Crippen molar-refractivity contribution < 1.29 is 19.0 Å². The highest BCUT2D eigenvalue weighted by atomic mass is 16.5. The first kappa shape index (κ1) is 21.5. The molecule has 0 fully saturated rings. The van der Waals surface area contributed by atoms with Crippen molar-refractivity contribution in [3.8, 4) is 17.6 Å². The van der Waals surface area contributed by atoms with Gasteiger partial charge in [0.15, 0.2) is 17.3 Å². The second-order valence-corrected chi connectivity index (χ2v) is 7.95. The number of carbonyl (C=O) groups is 1. The molecule has 2 aliphatic rings. The summed E-state index contributed by atoms with van der Waals surface area (Å²) < 4.78 is 17.5. The largest absolute Gasteiger partial charge is 0.490 e. The maximum atomic E-state index is 12.8. The molecule has 1 aliphatic carbocycles. The molecule has 6 heteroatoms. The number of hydrogen-bond donors (Lipinski definition) is 1. The minimum Gasteiger partial charge on any atom is -0.490 e. The van der Waals surface area contributed by atoms with E-state index in [0.29, 0.717) is 48.9 Å². The summed E-state index contributed by atoms with van der Waals surface area (Å²) in [5, 5.41) is 9.77. The van der Waals surface area contributed by atoms with Crippen LogP contribution in [-0.2, 0) is 16.1 Å². The summed E-state index contributed by atoms with van der Waals surface area (Å²) in [6, 6.07) is 15.8. The summed E-state index contributed by atoms with van der Waals surface area (Å²) in [6.45, 7) is 4.80. The van der Waals surface area contributed by atoms with Crippen LogP contribution in [0.5, 0.6) is 11.5 Å². The van der Waals surface area contributed by atoms with Crippen molar-refractivity contribution in [3.05, 3.63) is 81.9 Å². The number of nitriles is 1. The van der Waals surface area contributed by atoms with E-state index in [1.165, 1.54) is 5.56 Å². The van der Waals surface area contributed by atoms with E-state index in [9.17, 15) is 10.1 Å². The van der Waals surface area contributed by atoms with Gasteiger partial charge in [0.25, 0.3) is 0 Å². The monoisotopic (exact) mass is 430 g/mol. The molecule has 6 nitrogen and oxygen atoms in total. The SMILES string of the molecule is CCOc1cc([C@@H]2C(C#N)=C(N)OC3=C2C(=O)CCC3)ccc1OCc1ccc(C)cc1. The molecular weight excluding hydrogens is 404 g/mol. The number of hydrogen-bond acceptors (Lipinski definition) is 6. The first-order chi connectivity index (χ1) is 15.5. The fourth-order valence-electron chi connectivity index (χ4n) is 4.13. The van der Waals surface area contributed by atoms with Crippen LogP contribution in [0.15, 0.2) is 65.3 Å². The van der Waals surface area contributed by atoms with Gasteiger partial charge < -0.3 is 19.9 Å². The molecule has 1 aliphatic heterocycles. The molecule has 0 saturated carbocycles. The third-order valence-corrected chi connectivity index (χ3v) is 5.72. The molecule has 0 unspecified atom stereocenters. The summed E-state index contributed by atoms with van der Waals surface area (Å²) in [5.74, 6) is 1.22. The van der Waals surface area contributed by atoms with E-state index in [4.69, 9.17) is 19.9 Å². The Morgan fingerprint density at radius 1 is 1.12 bits per heavy atom. The van der Waals surface area contributed by atoms with Crippen LogP contribution in [0.2, 0.25) is 0 Å². The lowest BCUT2D eigenvalue weighted by molar-refractivity contribution is -0.116. The lowest BCUT2D eigenvalue weighted by Gasteiger charge is -2.31. The van der Waals surface area contributed by atoms with Crippen LogP contribution in [0.4, 0.5) is 0 Å². The van der Waals surface area contributed by atoms with Crippen LogP contribution in [-0.4, -0.2) is 12.4 Å². The zero-order chi connectivity index (χ0) is 22.7. The second-order valence-electron chi connectivity index (χ2n) is 7.95. The van der Waals surface area contributed by atoms with Gasteiger partial charge in [-0.05, 0) is 43.5 Å². The third-order valence-electron chi connectivity index (χ3n) is 5.72. The smallest absolute Gasteiger partial charge is 0.205 e. The molecule has 0 saturated heterocycles. The van der Waals surface area contributed by atoms with Gasteiger partial charge in [0.1, 0.15) is 24.0 Å². The van der Waals surface area contributed by atoms with Gasteiger partial charge in [-0.3, -0.25) is 4.79 Å². The highest BCUT2D eigenvalue weighted by Crippen LogP contribution is 2.45. The van der Waals surface area contributed by atoms with E-state index in [0.717, 1.165) is 17.5 Å². The van der Waals surface area contributed by atoms with Crippen LogP contribution >= 0.6 is 0 Å². The molecule has 4 rings (SSSR count). The Morgan fingerprint density at radius 2 is 1.91 bits per heavy atom. The molecular formula is C26H26N2O4. The summed E-state index contributed by atoms with van der Waals surface area (Å²) in [5.41, 5.74) is 9.82. The molecule has 0 aromatic heterocycles. The average molecular weight is 431 g/mol. The van der Waals surface area contributed by atoms with Gasteiger partial charge in [0, 0.05) is 18.4 Å². The van der Waals surface area contributed by atoms with Gasteiger partial charge in [-0.15, -0.1) is 0 Å². The first-order valence-electron chi connectivity index (χ1n) is 10.8. The Balaban J connectivity index is 1.69. The van der Waals surface area contributed by atoms with Crippen LogP contribution < -0.4 is 15.2 Å². The molecule has 1 atom stereocenters. The Kier molecular flexibility index (Phi) is 6.18. The molecule has 32 heavy (non-hydrogen) atoms. The quantitative estimate of drug-likeness (QED) is 0.708. The molecule has 2 N–H and O–H groups in total. The number of nitrogens with zero attached hydrogens (tertiary/aromatic N) is 1. The fraction of sp³-hybridized carbons (Fsp3) is 0.308. The van der Waals surface area contributed by atoms with Crippen molar-refractivity contribution >= 4 is 5.78 Å². The minimum atomic E-state index is -0.568. The molecule has 164 valence electrons. The zero-order valence-corrected chi connectivity index (χ0v) is 18.3. The number of aryl methyl sites for hydroxylation is 1. The van der Waals surface area contributed by atoms with Gasteiger partial charge in [0.2, 0.25) is 5.88 Å². The summed E-state index contributed by atoms with van der Waals surface area (Å²) >= 11 is 0. The van der Waals surface area contributed by atoms with E-state index < -0.39 is 5.92 Å². The number of nitrogens with two attached hydrogens (primary N) is 1. The van der Waals surface area contributed by atoms with Gasteiger partial charge in [0.05, 0.1) is 12.5 Å². The maximum Gasteiger partial charge on any atom is 0.205 e. The number of rotatable bonds is 6. The topological polar surface area (TPSA) is 94.6 Å². The van der Waals surface area contributed by atoms with E-state index in [1.54, 1.807) is 0 Å². The van der Waals surface area contributed by atoms with E-state index in [2.05, 4.69) is 6.07 Å². The Hall–Kier alpha value is -3.72. The maximum absolute atomic E-state index is 12.8. The van der Waals surface area contributed by atoms with Gasteiger partial charge in [-0.2, -0.15) is 5.26 Å².